The first-order chi connectivity index (χ1) is 10.1. The molecule has 0 saturated heterocycles. The molecule has 3 rings (SSSR count). The molecule has 1 aliphatic carbocycles. The van der Waals surface area contributed by atoms with Gasteiger partial charge >= 0.3 is 0 Å². The van der Waals surface area contributed by atoms with E-state index >= 15 is 0 Å². The molecular weight excluding hydrogens is 276 g/mol. The van der Waals surface area contributed by atoms with E-state index in [4.69, 9.17) is 0 Å². The maximum Gasteiger partial charge on any atom is 0.251 e. The van der Waals surface area contributed by atoms with Crippen LogP contribution in [0.3, 0.4) is 0 Å². The Morgan fingerprint density at radius 2 is 2.14 bits per heavy atom. The quantitative estimate of drug-likeness (QED) is 0.920. The van der Waals surface area contributed by atoms with Gasteiger partial charge in [0, 0.05) is 37.0 Å². The van der Waals surface area contributed by atoms with Crippen LogP contribution in [0.1, 0.15) is 34.9 Å². The maximum absolute atomic E-state index is 13.1. The standard InChI is InChI=1S/C15H15F2N3O/c16-12-4-3-11(9-13(12)17)15(21)19-6-8-20-7-5-18-14(20)10-1-2-10/h3-5,7,9-10H,1-2,6,8H2,(H,19,21). The Balaban J connectivity index is 1.56. The lowest BCUT2D eigenvalue weighted by Gasteiger charge is -2.09. The molecule has 1 N–H and O–H groups in total. The number of aromatic nitrogens is 2. The molecule has 2 aromatic rings. The van der Waals surface area contributed by atoms with Crippen LogP contribution in [0, 0.1) is 11.6 Å². The summed E-state index contributed by atoms with van der Waals surface area (Å²) in [7, 11) is 0. The van der Waals surface area contributed by atoms with Crippen LogP contribution in [0.5, 0.6) is 0 Å². The number of imidazole rings is 1. The molecule has 1 saturated carbocycles. The highest BCUT2D eigenvalue weighted by molar-refractivity contribution is 5.94. The van der Waals surface area contributed by atoms with Gasteiger partial charge in [-0.2, -0.15) is 0 Å². The second-order valence-electron chi connectivity index (χ2n) is 5.14. The fraction of sp³-hybridized carbons (Fsp3) is 0.333. The average Bonchev–Trinajstić information content (AvgIpc) is 3.21. The number of rotatable bonds is 5. The fourth-order valence-electron chi connectivity index (χ4n) is 2.24. The van der Waals surface area contributed by atoms with Crippen molar-refractivity contribution in [3.8, 4) is 0 Å². The van der Waals surface area contributed by atoms with Crippen molar-refractivity contribution >= 4 is 5.91 Å². The number of nitrogens with zero attached hydrogens (tertiary/aromatic N) is 2. The van der Waals surface area contributed by atoms with Crippen LogP contribution in [0.15, 0.2) is 30.6 Å². The van der Waals surface area contributed by atoms with Crippen molar-refractivity contribution in [1.29, 1.82) is 0 Å². The Bertz CT molecular complexity index is 665. The minimum atomic E-state index is -1.02. The zero-order valence-corrected chi connectivity index (χ0v) is 11.4. The zero-order chi connectivity index (χ0) is 14.8. The number of nitrogens with one attached hydrogen (secondary N) is 1. The van der Waals surface area contributed by atoms with Crippen molar-refractivity contribution in [3.63, 3.8) is 0 Å². The molecule has 1 aliphatic rings. The van der Waals surface area contributed by atoms with Crippen LogP contribution in [-0.2, 0) is 6.54 Å². The normalized spacial score (nSPS) is 14.2. The van der Waals surface area contributed by atoms with E-state index in [-0.39, 0.29) is 5.56 Å². The lowest BCUT2D eigenvalue weighted by atomic mass is 10.2. The third kappa shape index (κ3) is 3.09. The van der Waals surface area contributed by atoms with Gasteiger partial charge in [-0.25, -0.2) is 13.8 Å². The number of hydrogen-bond donors (Lipinski definition) is 1. The van der Waals surface area contributed by atoms with Gasteiger partial charge in [0.1, 0.15) is 5.82 Å². The summed E-state index contributed by atoms with van der Waals surface area (Å²) in [6.45, 7) is 1.02. The Labute approximate surface area is 120 Å². The molecule has 0 unspecified atom stereocenters. The van der Waals surface area contributed by atoms with Gasteiger partial charge in [-0.3, -0.25) is 4.79 Å². The SMILES string of the molecule is O=C(NCCn1ccnc1C1CC1)c1ccc(F)c(F)c1. The van der Waals surface area contributed by atoms with E-state index in [1.165, 1.54) is 6.07 Å². The molecule has 1 aromatic heterocycles. The number of carbonyl (C=O) groups is 1. The van der Waals surface area contributed by atoms with Crippen molar-refractivity contribution in [2.24, 2.45) is 0 Å². The third-order valence-electron chi connectivity index (χ3n) is 3.51. The first-order valence-electron chi connectivity index (χ1n) is 6.89. The van der Waals surface area contributed by atoms with Crippen LogP contribution in [0.4, 0.5) is 8.78 Å². The van der Waals surface area contributed by atoms with E-state index in [2.05, 4.69) is 10.3 Å². The molecule has 4 nitrogen and oxygen atoms in total. The van der Waals surface area contributed by atoms with E-state index in [1.807, 2.05) is 10.8 Å². The maximum atomic E-state index is 13.1. The Kier molecular flexibility index (Phi) is 3.68. The summed E-state index contributed by atoms with van der Waals surface area (Å²) in [4.78, 5) is 16.2. The summed E-state index contributed by atoms with van der Waals surface area (Å²) < 4.78 is 27.9. The van der Waals surface area contributed by atoms with Crippen molar-refractivity contribution in [2.45, 2.75) is 25.3 Å². The first kappa shape index (κ1) is 13.7. The second kappa shape index (κ2) is 5.63. The lowest BCUT2D eigenvalue weighted by molar-refractivity contribution is 0.0951. The molecule has 0 radical (unpaired) electrons. The van der Waals surface area contributed by atoms with E-state index in [0.29, 0.717) is 19.0 Å². The predicted octanol–water partition coefficient (Wildman–Crippen LogP) is 2.47. The smallest absolute Gasteiger partial charge is 0.251 e. The molecule has 1 heterocycles. The Morgan fingerprint density at radius 1 is 1.33 bits per heavy atom. The molecule has 0 aliphatic heterocycles. The molecule has 1 amide bonds. The van der Waals surface area contributed by atoms with Gasteiger partial charge in [-0.15, -0.1) is 0 Å². The third-order valence-corrected chi connectivity index (χ3v) is 3.51. The van der Waals surface area contributed by atoms with Crippen molar-refractivity contribution < 1.29 is 13.6 Å². The summed E-state index contributed by atoms with van der Waals surface area (Å²) in [6.07, 6.45) is 5.97. The summed E-state index contributed by atoms with van der Waals surface area (Å²) in [6, 6.07) is 3.11. The van der Waals surface area contributed by atoms with Gasteiger partial charge in [-0.05, 0) is 31.0 Å². The van der Waals surface area contributed by atoms with Crippen LogP contribution >= 0.6 is 0 Å². The minimum absolute atomic E-state index is 0.113. The van der Waals surface area contributed by atoms with Crippen molar-refractivity contribution in [3.05, 3.63) is 53.6 Å². The molecule has 0 bridgehead atoms. The molecule has 1 aromatic carbocycles. The Morgan fingerprint density at radius 3 is 2.86 bits per heavy atom. The molecule has 21 heavy (non-hydrogen) atoms. The number of carbonyl (C=O) groups excluding carboxylic acids is 1. The summed E-state index contributed by atoms with van der Waals surface area (Å²) in [5.41, 5.74) is 0.113. The number of amides is 1. The largest absolute Gasteiger partial charge is 0.350 e. The van der Waals surface area contributed by atoms with E-state index in [9.17, 15) is 13.6 Å². The van der Waals surface area contributed by atoms with Crippen LogP contribution in [0.25, 0.3) is 0 Å². The van der Waals surface area contributed by atoms with E-state index in [1.54, 1.807) is 6.20 Å². The van der Waals surface area contributed by atoms with E-state index in [0.717, 1.165) is 30.8 Å². The molecular formula is C15H15F2N3O. The fourth-order valence-corrected chi connectivity index (χ4v) is 2.24. The molecule has 0 atom stereocenters. The number of halogens is 2. The van der Waals surface area contributed by atoms with Crippen LogP contribution in [0.2, 0.25) is 0 Å². The highest BCUT2D eigenvalue weighted by atomic mass is 19.2. The van der Waals surface area contributed by atoms with Gasteiger partial charge in [-0.1, -0.05) is 0 Å². The highest BCUT2D eigenvalue weighted by Crippen LogP contribution is 2.38. The summed E-state index contributed by atoms with van der Waals surface area (Å²) >= 11 is 0. The molecule has 6 heteroatoms. The zero-order valence-electron chi connectivity index (χ0n) is 11.4. The molecule has 0 spiro atoms. The summed E-state index contributed by atoms with van der Waals surface area (Å²) in [5, 5.41) is 2.69. The van der Waals surface area contributed by atoms with E-state index < -0.39 is 17.5 Å². The molecule has 110 valence electrons. The van der Waals surface area contributed by atoms with Gasteiger partial charge in [0.2, 0.25) is 0 Å². The van der Waals surface area contributed by atoms with Gasteiger partial charge in [0.05, 0.1) is 0 Å². The van der Waals surface area contributed by atoms with Gasteiger partial charge in [0.15, 0.2) is 11.6 Å². The van der Waals surface area contributed by atoms with Gasteiger partial charge < -0.3 is 9.88 Å². The number of hydrogen-bond acceptors (Lipinski definition) is 2. The monoisotopic (exact) mass is 291 g/mol. The van der Waals surface area contributed by atoms with Gasteiger partial charge in [0.25, 0.3) is 5.91 Å². The van der Waals surface area contributed by atoms with Crippen molar-refractivity contribution in [1.82, 2.24) is 14.9 Å². The predicted molar refractivity (Wildman–Crippen MR) is 72.9 cm³/mol. The topological polar surface area (TPSA) is 46.9 Å². The average molecular weight is 291 g/mol. The second-order valence-corrected chi connectivity index (χ2v) is 5.14. The first-order valence-corrected chi connectivity index (χ1v) is 6.89. The minimum Gasteiger partial charge on any atom is -0.350 e. The molecule has 1 fully saturated rings. The Hall–Kier alpha value is -2.24. The van der Waals surface area contributed by atoms with Crippen molar-refractivity contribution in [2.75, 3.05) is 6.54 Å². The summed E-state index contributed by atoms with van der Waals surface area (Å²) in [5.74, 6) is -0.798. The van der Waals surface area contributed by atoms with Crippen LogP contribution < -0.4 is 5.32 Å². The lowest BCUT2D eigenvalue weighted by Crippen LogP contribution is -2.27. The number of benzene rings is 1. The highest BCUT2D eigenvalue weighted by Gasteiger charge is 2.27. The van der Waals surface area contributed by atoms with Crippen LogP contribution in [-0.4, -0.2) is 22.0 Å².